The molecular weight excluding hydrogens is 287 g/mol. The Morgan fingerprint density at radius 3 is 2.95 bits per heavy atom. The number of rotatable bonds is 5. The Morgan fingerprint density at radius 2 is 2.14 bits per heavy atom. The highest BCUT2D eigenvalue weighted by atomic mass is 32.1. The minimum absolute atomic E-state index is 0.166. The molecule has 0 bridgehead atoms. The number of thiophene rings is 1. The van der Waals surface area contributed by atoms with Crippen LogP contribution in [0.2, 0.25) is 0 Å². The lowest BCUT2D eigenvalue weighted by molar-refractivity contribution is 0.0343. The number of hydrogen-bond acceptors (Lipinski definition) is 4. The molecule has 1 aromatic heterocycles. The molecule has 3 nitrogen and oxygen atoms in total. The standard InChI is InChI=1S/C16H21FN2OS/c1-12(11-19-4-6-20-7-5-19)18-10-15-9-13-8-14(17)2-3-16(13)21-15/h2-3,8-9,12,18H,4-7,10-11H2,1H3. The lowest BCUT2D eigenvalue weighted by Gasteiger charge is -2.29. The molecule has 0 radical (unpaired) electrons. The summed E-state index contributed by atoms with van der Waals surface area (Å²) in [6, 6.07) is 7.50. The van der Waals surface area contributed by atoms with Crippen LogP contribution in [0.25, 0.3) is 10.1 Å². The summed E-state index contributed by atoms with van der Waals surface area (Å²) in [4.78, 5) is 3.69. The Hall–Kier alpha value is -1.01. The van der Waals surface area contributed by atoms with E-state index in [2.05, 4.69) is 23.2 Å². The third-order valence-electron chi connectivity index (χ3n) is 3.79. The molecule has 0 spiro atoms. The molecule has 5 heteroatoms. The first-order chi connectivity index (χ1) is 10.2. The number of nitrogens with one attached hydrogen (secondary N) is 1. The van der Waals surface area contributed by atoms with Gasteiger partial charge >= 0.3 is 0 Å². The quantitative estimate of drug-likeness (QED) is 0.919. The Labute approximate surface area is 128 Å². The van der Waals surface area contributed by atoms with Gasteiger partial charge in [-0.1, -0.05) is 0 Å². The largest absolute Gasteiger partial charge is 0.379 e. The van der Waals surface area contributed by atoms with Gasteiger partial charge in [0.15, 0.2) is 0 Å². The van der Waals surface area contributed by atoms with Crippen LogP contribution in [0.4, 0.5) is 4.39 Å². The van der Waals surface area contributed by atoms with E-state index in [1.807, 2.05) is 6.07 Å². The molecule has 0 amide bonds. The van der Waals surface area contributed by atoms with Crippen molar-refractivity contribution >= 4 is 21.4 Å². The van der Waals surface area contributed by atoms with Crippen LogP contribution >= 0.6 is 11.3 Å². The second kappa shape index (κ2) is 6.83. The molecule has 1 fully saturated rings. The molecule has 1 N–H and O–H groups in total. The van der Waals surface area contributed by atoms with Crippen LogP contribution in [-0.2, 0) is 11.3 Å². The number of halogens is 1. The first-order valence-electron chi connectivity index (χ1n) is 7.42. The maximum atomic E-state index is 13.2. The molecule has 1 saturated heterocycles. The predicted molar refractivity (Wildman–Crippen MR) is 85.3 cm³/mol. The highest BCUT2D eigenvalue weighted by Gasteiger charge is 2.13. The molecule has 114 valence electrons. The van der Waals surface area contributed by atoms with Crippen molar-refractivity contribution in [2.45, 2.75) is 19.5 Å². The molecule has 1 aromatic carbocycles. The monoisotopic (exact) mass is 308 g/mol. The van der Waals surface area contributed by atoms with E-state index in [-0.39, 0.29) is 5.82 Å². The molecule has 1 unspecified atom stereocenters. The minimum atomic E-state index is -0.166. The van der Waals surface area contributed by atoms with Crippen LogP contribution in [0, 0.1) is 5.82 Å². The van der Waals surface area contributed by atoms with Crippen LogP contribution in [-0.4, -0.2) is 43.8 Å². The summed E-state index contributed by atoms with van der Waals surface area (Å²) in [6.45, 7) is 7.82. The average molecular weight is 308 g/mol. The van der Waals surface area contributed by atoms with Gasteiger partial charge in [0, 0.05) is 41.8 Å². The molecular formula is C16H21FN2OS. The molecule has 2 heterocycles. The zero-order valence-electron chi connectivity index (χ0n) is 12.3. The fourth-order valence-corrected chi connectivity index (χ4v) is 3.66. The summed E-state index contributed by atoms with van der Waals surface area (Å²) in [5.74, 6) is -0.166. The van der Waals surface area contributed by atoms with E-state index in [1.54, 1.807) is 17.4 Å². The average Bonchev–Trinajstić information content (AvgIpc) is 2.88. The number of nitrogens with zero attached hydrogens (tertiary/aromatic N) is 1. The van der Waals surface area contributed by atoms with Crippen molar-refractivity contribution in [3.05, 3.63) is 35.0 Å². The maximum Gasteiger partial charge on any atom is 0.123 e. The normalized spacial score (nSPS) is 18.2. The Morgan fingerprint density at radius 1 is 1.33 bits per heavy atom. The molecule has 1 atom stereocenters. The van der Waals surface area contributed by atoms with E-state index in [0.717, 1.165) is 49.5 Å². The van der Waals surface area contributed by atoms with Crippen LogP contribution in [0.3, 0.4) is 0 Å². The third-order valence-corrected chi connectivity index (χ3v) is 4.91. The zero-order chi connectivity index (χ0) is 14.7. The van der Waals surface area contributed by atoms with Gasteiger partial charge in [-0.05, 0) is 36.6 Å². The molecule has 2 aromatic rings. The minimum Gasteiger partial charge on any atom is -0.379 e. The summed E-state index contributed by atoms with van der Waals surface area (Å²) in [6.07, 6.45) is 0. The highest BCUT2D eigenvalue weighted by Crippen LogP contribution is 2.26. The van der Waals surface area contributed by atoms with Gasteiger partial charge in [-0.3, -0.25) is 4.90 Å². The van der Waals surface area contributed by atoms with Gasteiger partial charge < -0.3 is 10.1 Å². The van der Waals surface area contributed by atoms with Crippen LogP contribution < -0.4 is 5.32 Å². The first kappa shape index (κ1) is 14.9. The Bertz CT molecular complexity index is 595. The maximum absolute atomic E-state index is 13.2. The Balaban J connectivity index is 1.53. The van der Waals surface area contributed by atoms with E-state index in [1.165, 1.54) is 10.9 Å². The molecule has 0 aliphatic carbocycles. The summed E-state index contributed by atoms with van der Waals surface area (Å²) in [5.41, 5.74) is 0. The Kier molecular flexibility index (Phi) is 4.85. The van der Waals surface area contributed by atoms with Crippen molar-refractivity contribution in [2.75, 3.05) is 32.8 Å². The summed E-state index contributed by atoms with van der Waals surface area (Å²) in [7, 11) is 0. The third kappa shape index (κ3) is 4.01. The second-order valence-corrected chi connectivity index (χ2v) is 6.76. The van der Waals surface area contributed by atoms with Gasteiger partial charge in [-0.2, -0.15) is 0 Å². The SMILES string of the molecule is CC(CN1CCOCC1)NCc1cc2cc(F)ccc2s1. The van der Waals surface area contributed by atoms with Crippen molar-refractivity contribution < 1.29 is 9.13 Å². The highest BCUT2D eigenvalue weighted by molar-refractivity contribution is 7.19. The van der Waals surface area contributed by atoms with Gasteiger partial charge in [0.25, 0.3) is 0 Å². The van der Waals surface area contributed by atoms with Crippen molar-refractivity contribution in [3.63, 3.8) is 0 Å². The fraction of sp³-hybridized carbons (Fsp3) is 0.500. The van der Waals surface area contributed by atoms with Crippen LogP contribution in [0.5, 0.6) is 0 Å². The fourth-order valence-electron chi connectivity index (χ4n) is 2.67. The van der Waals surface area contributed by atoms with Crippen molar-refractivity contribution in [1.29, 1.82) is 0 Å². The molecule has 0 saturated carbocycles. The van der Waals surface area contributed by atoms with E-state index >= 15 is 0 Å². The molecule has 3 rings (SSSR count). The van der Waals surface area contributed by atoms with Gasteiger partial charge in [0.2, 0.25) is 0 Å². The molecule has 1 aliphatic rings. The van der Waals surface area contributed by atoms with E-state index < -0.39 is 0 Å². The van der Waals surface area contributed by atoms with Crippen molar-refractivity contribution in [3.8, 4) is 0 Å². The van der Waals surface area contributed by atoms with Gasteiger partial charge in [0.05, 0.1) is 13.2 Å². The predicted octanol–water partition coefficient (Wildman–Crippen LogP) is 2.85. The number of ether oxygens (including phenoxy) is 1. The molecule has 21 heavy (non-hydrogen) atoms. The summed E-state index contributed by atoms with van der Waals surface area (Å²) >= 11 is 1.73. The first-order valence-corrected chi connectivity index (χ1v) is 8.24. The topological polar surface area (TPSA) is 24.5 Å². The lowest BCUT2D eigenvalue weighted by atomic mass is 10.2. The van der Waals surface area contributed by atoms with Gasteiger partial charge in [0.1, 0.15) is 5.82 Å². The van der Waals surface area contributed by atoms with Gasteiger partial charge in [-0.15, -0.1) is 11.3 Å². The smallest absolute Gasteiger partial charge is 0.123 e. The second-order valence-electron chi connectivity index (χ2n) is 5.59. The molecule has 1 aliphatic heterocycles. The number of morpholine rings is 1. The summed E-state index contributed by atoms with van der Waals surface area (Å²) < 4.78 is 19.7. The summed E-state index contributed by atoms with van der Waals surface area (Å²) in [5, 5.41) is 4.55. The van der Waals surface area contributed by atoms with E-state index in [0.29, 0.717) is 6.04 Å². The van der Waals surface area contributed by atoms with Crippen molar-refractivity contribution in [2.24, 2.45) is 0 Å². The van der Waals surface area contributed by atoms with E-state index in [9.17, 15) is 4.39 Å². The van der Waals surface area contributed by atoms with Crippen LogP contribution in [0.1, 0.15) is 11.8 Å². The number of fused-ring (bicyclic) bond motifs is 1. The van der Waals surface area contributed by atoms with E-state index in [4.69, 9.17) is 4.74 Å². The van der Waals surface area contributed by atoms with Crippen LogP contribution in [0.15, 0.2) is 24.3 Å². The number of benzene rings is 1. The lowest BCUT2D eigenvalue weighted by Crippen LogP contribution is -2.44. The van der Waals surface area contributed by atoms with Gasteiger partial charge in [-0.25, -0.2) is 4.39 Å². The number of hydrogen-bond donors (Lipinski definition) is 1. The zero-order valence-corrected chi connectivity index (χ0v) is 13.1. The van der Waals surface area contributed by atoms with Crippen molar-refractivity contribution in [1.82, 2.24) is 10.2 Å².